The van der Waals surface area contributed by atoms with Crippen molar-refractivity contribution in [3.63, 3.8) is 0 Å². The van der Waals surface area contributed by atoms with Gasteiger partial charge in [-0.25, -0.2) is 0 Å². The van der Waals surface area contributed by atoms with Gasteiger partial charge in [0.2, 0.25) is 0 Å². The molecule has 6 heteroatoms. The van der Waals surface area contributed by atoms with Crippen LogP contribution in [-0.4, -0.2) is 55.5 Å². The summed E-state index contributed by atoms with van der Waals surface area (Å²) in [6, 6.07) is 0. The number of carbonyl (C=O) groups is 3. The lowest BCUT2D eigenvalue weighted by Gasteiger charge is -2.30. The van der Waals surface area contributed by atoms with E-state index in [1.807, 2.05) is 25.1 Å². The lowest BCUT2D eigenvalue weighted by Crippen LogP contribution is -2.38. The highest BCUT2D eigenvalue weighted by Gasteiger charge is 2.46. The fourth-order valence-electron chi connectivity index (χ4n) is 4.59. The molecule has 0 aromatic carbocycles. The number of esters is 2. The van der Waals surface area contributed by atoms with Gasteiger partial charge < -0.3 is 14.4 Å². The summed E-state index contributed by atoms with van der Waals surface area (Å²) < 4.78 is 11.5. The number of nitrogens with zero attached hydrogens (tertiary/aromatic N) is 1. The Labute approximate surface area is 180 Å². The van der Waals surface area contributed by atoms with Gasteiger partial charge in [-0.2, -0.15) is 0 Å². The number of carbonyl (C=O) groups excluding carboxylic acids is 3. The summed E-state index contributed by atoms with van der Waals surface area (Å²) in [4.78, 5) is 39.1. The molecule has 0 saturated carbocycles. The van der Waals surface area contributed by atoms with Gasteiger partial charge in [0.05, 0.1) is 11.8 Å². The first-order valence-electron chi connectivity index (χ1n) is 10.9. The maximum atomic E-state index is 12.7. The van der Waals surface area contributed by atoms with Gasteiger partial charge in [-0.1, -0.05) is 17.2 Å². The predicted molar refractivity (Wildman–Crippen MR) is 116 cm³/mol. The van der Waals surface area contributed by atoms with E-state index in [0.29, 0.717) is 19.4 Å². The van der Waals surface area contributed by atoms with E-state index in [-0.39, 0.29) is 35.6 Å². The van der Waals surface area contributed by atoms with Crippen molar-refractivity contribution in [3.8, 4) is 0 Å². The minimum atomic E-state index is -0.561. The van der Waals surface area contributed by atoms with Crippen molar-refractivity contribution in [2.24, 2.45) is 17.8 Å². The molecule has 0 amide bonds. The van der Waals surface area contributed by atoms with Crippen LogP contribution in [-0.2, 0) is 23.9 Å². The maximum Gasteiger partial charge on any atom is 0.311 e. The van der Waals surface area contributed by atoms with Crippen molar-refractivity contribution in [1.29, 1.82) is 0 Å². The second-order valence-electron chi connectivity index (χ2n) is 9.18. The van der Waals surface area contributed by atoms with Gasteiger partial charge in [0.1, 0.15) is 18.0 Å². The SMILES string of the molecule is CC(=O)OC1CC2C(C=C(C)CCC=C(C)CCC1C(C)=O)OC(=O)C2CN(C)C. The quantitative estimate of drug-likeness (QED) is 0.511. The number of fused-ring (bicyclic) bond motifs is 1. The molecule has 1 aliphatic heterocycles. The average Bonchev–Trinajstić information content (AvgIpc) is 2.88. The number of Topliss-reactive ketones (excluding diaryl/α,β-unsaturated/α-hetero) is 1. The van der Waals surface area contributed by atoms with Gasteiger partial charge in [0, 0.05) is 19.4 Å². The second-order valence-corrected chi connectivity index (χ2v) is 9.18. The zero-order valence-electron chi connectivity index (χ0n) is 19.3. The van der Waals surface area contributed by atoms with Crippen LogP contribution in [0, 0.1) is 17.8 Å². The Kier molecular flexibility index (Phi) is 8.83. The first-order chi connectivity index (χ1) is 14.1. The number of hydrogen-bond acceptors (Lipinski definition) is 6. The van der Waals surface area contributed by atoms with Crippen LogP contribution in [0.3, 0.4) is 0 Å². The monoisotopic (exact) mass is 419 g/mol. The molecule has 5 atom stereocenters. The first kappa shape index (κ1) is 24.3. The minimum Gasteiger partial charge on any atom is -0.462 e. The van der Waals surface area contributed by atoms with Crippen LogP contribution < -0.4 is 0 Å². The van der Waals surface area contributed by atoms with Crippen LogP contribution >= 0.6 is 0 Å². The molecule has 5 unspecified atom stereocenters. The summed E-state index contributed by atoms with van der Waals surface area (Å²) in [5, 5.41) is 0. The van der Waals surface area contributed by atoms with Gasteiger partial charge >= 0.3 is 11.9 Å². The molecule has 0 aromatic heterocycles. The molecule has 0 bridgehead atoms. The maximum absolute atomic E-state index is 12.7. The Morgan fingerprint density at radius 2 is 1.87 bits per heavy atom. The van der Waals surface area contributed by atoms with E-state index in [2.05, 4.69) is 19.9 Å². The summed E-state index contributed by atoms with van der Waals surface area (Å²) in [7, 11) is 3.86. The lowest BCUT2D eigenvalue weighted by molar-refractivity contribution is -0.152. The molecule has 0 aromatic rings. The third-order valence-corrected chi connectivity index (χ3v) is 6.18. The largest absolute Gasteiger partial charge is 0.462 e. The van der Waals surface area contributed by atoms with Crippen molar-refractivity contribution < 1.29 is 23.9 Å². The van der Waals surface area contributed by atoms with Crippen LogP contribution in [0.4, 0.5) is 0 Å². The summed E-state index contributed by atoms with van der Waals surface area (Å²) in [6.07, 6.45) is 7.01. The van der Waals surface area contributed by atoms with Gasteiger partial charge in [0.15, 0.2) is 0 Å². The minimum absolute atomic E-state index is 0.0154. The molecule has 30 heavy (non-hydrogen) atoms. The highest BCUT2D eigenvalue weighted by molar-refractivity contribution is 5.79. The van der Waals surface area contributed by atoms with Crippen molar-refractivity contribution in [2.75, 3.05) is 20.6 Å². The number of allylic oxidation sites excluding steroid dienone is 3. The van der Waals surface area contributed by atoms with Crippen LogP contribution in [0.5, 0.6) is 0 Å². The van der Waals surface area contributed by atoms with Crippen LogP contribution in [0.2, 0.25) is 0 Å². The van der Waals surface area contributed by atoms with Crippen LogP contribution in [0.1, 0.15) is 59.8 Å². The second kappa shape index (κ2) is 10.9. The summed E-state index contributed by atoms with van der Waals surface area (Å²) in [6.45, 7) is 7.65. The van der Waals surface area contributed by atoms with E-state index in [9.17, 15) is 14.4 Å². The smallest absolute Gasteiger partial charge is 0.311 e. The first-order valence-corrected chi connectivity index (χ1v) is 10.9. The zero-order valence-corrected chi connectivity index (χ0v) is 19.3. The Bertz CT molecular complexity index is 708. The fraction of sp³-hybridized carbons (Fsp3) is 0.708. The Morgan fingerprint density at radius 1 is 1.17 bits per heavy atom. The van der Waals surface area contributed by atoms with Crippen molar-refractivity contribution in [2.45, 2.75) is 72.0 Å². The third kappa shape index (κ3) is 6.79. The molecule has 1 heterocycles. The molecule has 1 fully saturated rings. The standard InChI is InChI=1S/C24H37NO5/c1-15-8-7-9-16(2)12-22-20(21(14-25(5)6)24(28)30-22)13-23(29-18(4)27)19(11-10-15)17(3)26/h8,12,19-23H,7,9-11,13-14H2,1-6H3. The summed E-state index contributed by atoms with van der Waals surface area (Å²) >= 11 is 0. The van der Waals surface area contributed by atoms with Gasteiger partial charge in [-0.15, -0.1) is 0 Å². The van der Waals surface area contributed by atoms with Crippen molar-refractivity contribution in [1.82, 2.24) is 4.90 Å². The molecular weight excluding hydrogens is 382 g/mol. The topological polar surface area (TPSA) is 72.9 Å². The van der Waals surface area contributed by atoms with Crippen LogP contribution in [0.25, 0.3) is 0 Å². The van der Waals surface area contributed by atoms with Crippen LogP contribution in [0.15, 0.2) is 23.3 Å². The number of rotatable bonds is 4. The lowest BCUT2D eigenvalue weighted by atomic mass is 9.79. The molecule has 1 aliphatic carbocycles. The molecule has 6 nitrogen and oxygen atoms in total. The molecule has 1 saturated heterocycles. The summed E-state index contributed by atoms with van der Waals surface area (Å²) in [5.41, 5.74) is 2.42. The third-order valence-electron chi connectivity index (χ3n) is 6.18. The summed E-state index contributed by atoms with van der Waals surface area (Å²) in [5.74, 6) is -1.45. The van der Waals surface area contributed by atoms with E-state index in [1.165, 1.54) is 18.1 Å². The van der Waals surface area contributed by atoms with Gasteiger partial charge in [-0.05, 0) is 73.0 Å². The zero-order chi connectivity index (χ0) is 22.4. The van der Waals surface area contributed by atoms with E-state index < -0.39 is 12.1 Å². The highest BCUT2D eigenvalue weighted by Crippen LogP contribution is 2.37. The van der Waals surface area contributed by atoms with E-state index >= 15 is 0 Å². The molecule has 0 spiro atoms. The van der Waals surface area contributed by atoms with E-state index in [1.54, 1.807) is 6.92 Å². The molecule has 168 valence electrons. The van der Waals surface area contributed by atoms with Gasteiger partial charge in [-0.3, -0.25) is 14.4 Å². The highest BCUT2D eigenvalue weighted by atomic mass is 16.6. The Balaban J connectivity index is 2.45. The molecule has 0 radical (unpaired) electrons. The van der Waals surface area contributed by atoms with E-state index in [0.717, 1.165) is 19.3 Å². The average molecular weight is 420 g/mol. The molecule has 2 rings (SSSR count). The van der Waals surface area contributed by atoms with E-state index in [4.69, 9.17) is 9.47 Å². The fourth-order valence-corrected chi connectivity index (χ4v) is 4.59. The normalized spacial score (nSPS) is 30.8. The number of ketones is 1. The number of hydrogen-bond donors (Lipinski definition) is 0. The Morgan fingerprint density at radius 3 is 2.47 bits per heavy atom. The van der Waals surface area contributed by atoms with Crippen molar-refractivity contribution in [3.05, 3.63) is 23.3 Å². The number of ether oxygens (including phenoxy) is 2. The molecule has 0 N–H and O–H groups in total. The molecular formula is C24H37NO5. The predicted octanol–water partition coefficient (Wildman–Crippen LogP) is 3.70. The van der Waals surface area contributed by atoms with Crippen molar-refractivity contribution >= 4 is 17.7 Å². The molecule has 2 aliphatic rings. The van der Waals surface area contributed by atoms with Gasteiger partial charge in [0.25, 0.3) is 0 Å². The Hall–Kier alpha value is -1.95.